The molecule has 34 heavy (non-hydrogen) atoms. The molecule has 3 aliphatic rings. The predicted octanol–water partition coefficient (Wildman–Crippen LogP) is 4.75. The second-order valence-corrected chi connectivity index (χ2v) is 9.44. The fraction of sp³-hybridized carbons (Fsp3) is 0.435. The minimum atomic E-state index is -4.67. The highest BCUT2D eigenvalue weighted by Crippen LogP contribution is 2.58. The normalized spacial score (nSPS) is 23.9. The van der Waals surface area contributed by atoms with Crippen LogP contribution in [0.5, 0.6) is 5.75 Å². The summed E-state index contributed by atoms with van der Waals surface area (Å²) < 4.78 is 67.3. The summed E-state index contributed by atoms with van der Waals surface area (Å²) in [5, 5.41) is 2.31. The molecule has 3 aromatic heterocycles. The molecule has 5 heterocycles. The number of aromatic nitrogens is 3. The summed E-state index contributed by atoms with van der Waals surface area (Å²) >= 11 is 0. The Balaban J connectivity index is 1.53. The Morgan fingerprint density at radius 2 is 1.97 bits per heavy atom. The number of alkyl halides is 3. The molecule has 1 saturated carbocycles. The molecule has 2 bridgehead atoms. The van der Waals surface area contributed by atoms with Crippen LogP contribution >= 0.6 is 0 Å². The quantitative estimate of drug-likeness (QED) is 0.536. The lowest BCUT2D eigenvalue weighted by Crippen LogP contribution is -2.45. The molecule has 7 nitrogen and oxygen atoms in total. The first kappa shape index (κ1) is 22.6. The number of rotatable bonds is 5. The molecule has 0 radical (unpaired) electrons. The van der Waals surface area contributed by atoms with Gasteiger partial charge in [0.25, 0.3) is 5.91 Å². The maximum Gasteiger partial charge on any atom is 0.433 e. The SMILES string of the molecule is CC(C)Oc1c(C(=O)Nc2cccc(C(F)(F)F)n2)cn2cc(C34COC(C)(C3)C4)nc2c1F. The van der Waals surface area contributed by atoms with Crippen LogP contribution in [0.2, 0.25) is 0 Å². The lowest BCUT2D eigenvalue weighted by atomic mass is 9.62. The highest BCUT2D eigenvalue weighted by Gasteiger charge is 2.61. The Bertz CT molecular complexity index is 1300. The largest absolute Gasteiger partial charge is 0.487 e. The van der Waals surface area contributed by atoms with Gasteiger partial charge in [0.1, 0.15) is 17.1 Å². The van der Waals surface area contributed by atoms with Crippen LogP contribution in [0.4, 0.5) is 23.4 Å². The molecule has 1 amide bonds. The van der Waals surface area contributed by atoms with Crippen molar-refractivity contribution in [1.82, 2.24) is 14.4 Å². The molecule has 6 rings (SSSR count). The lowest BCUT2D eigenvalue weighted by Gasteiger charge is -2.41. The van der Waals surface area contributed by atoms with E-state index in [4.69, 9.17) is 9.47 Å². The number of fused-ring (bicyclic) bond motifs is 2. The number of nitrogens with zero attached hydrogens (tertiary/aromatic N) is 3. The first-order valence-electron chi connectivity index (χ1n) is 10.8. The third-order valence-corrected chi connectivity index (χ3v) is 6.19. The van der Waals surface area contributed by atoms with Gasteiger partial charge in [-0.2, -0.15) is 17.6 Å². The lowest BCUT2D eigenvalue weighted by molar-refractivity contribution is -0.141. The van der Waals surface area contributed by atoms with E-state index in [1.807, 2.05) is 6.92 Å². The maximum atomic E-state index is 15.5. The second-order valence-electron chi connectivity index (χ2n) is 9.44. The van der Waals surface area contributed by atoms with Crippen molar-refractivity contribution in [3.63, 3.8) is 0 Å². The molecule has 11 heteroatoms. The van der Waals surface area contributed by atoms with E-state index in [2.05, 4.69) is 15.3 Å². The molecule has 1 N–H and O–H groups in total. The van der Waals surface area contributed by atoms with Crippen LogP contribution in [-0.2, 0) is 16.3 Å². The summed E-state index contributed by atoms with van der Waals surface area (Å²) in [6.07, 6.45) is -0.583. The van der Waals surface area contributed by atoms with E-state index in [1.165, 1.54) is 16.7 Å². The van der Waals surface area contributed by atoms with Gasteiger partial charge in [0.15, 0.2) is 11.4 Å². The van der Waals surface area contributed by atoms with Crippen LogP contribution in [0.1, 0.15) is 55.4 Å². The molecule has 180 valence electrons. The zero-order valence-corrected chi connectivity index (χ0v) is 18.7. The zero-order chi connectivity index (χ0) is 24.5. The van der Waals surface area contributed by atoms with Gasteiger partial charge >= 0.3 is 6.18 Å². The van der Waals surface area contributed by atoms with E-state index in [1.54, 1.807) is 20.0 Å². The molecule has 3 fully saturated rings. The molecule has 0 unspecified atom stereocenters. The van der Waals surface area contributed by atoms with Gasteiger partial charge in [-0.3, -0.25) is 4.79 Å². The van der Waals surface area contributed by atoms with Crippen molar-refractivity contribution >= 4 is 17.4 Å². The molecule has 2 saturated heterocycles. The number of carbonyl (C=O) groups excluding carboxylic acids is 1. The number of nitrogens with one attached hydrogen (secondary N) is 1. The van der Waals surface area contributed by atoms with Crippen LogP contribution in [0, 0.1) is 5.82 Å². The number of hydrogen-bond donors (Lipinski definition) is 1. The van der Waals surface area contributed by atoms with Crippen LogP contribution in [0.25, 0.3) is 5.65 Å². The number of halogens is 4. The van der Waals surface area contributed by atoms with Crippen LogP contribution < -0.4 is 10.1 Å². The maximum absolute atomic E-state index is 15.5. The Morgan fingerprint density at radius 3 is 2.59 bits per heavy atom. The molecule has 0 spiro atoms. The summed E-state index contributed by atoms with van der Waals surface area (Å²) in [6.45, 7) is 5.84. The number of anilines is 1. The van der Waals surface area contributed by atoms with Gasteiger partial charge < -0.3 is 19.2 Å². The van der Waals surface area contributed by atoms with E-state index >= 15 is 4.39 Å². The van der Waals surface area contributed by atoms with E-state index in [-0.39, 0.29) is 33.8 Å². The Hall–Kier alpha value is -3.21. The third-order valence-electron chi connectivity index (χ3n) is 6.19. The number of hydrogen-bond acceptors (Lipinski definition) is 5. The van der Waals surface area contributed by atoms with Crippen molar-refractivity contribution in [3.05, 3.63) is 53.4 Å². The fourth-order valence-electron chi connectivity index (χ4n) is 4.84. The van der Waals surface area contributed by atoms with Crippen molar-refractivity contribution in [2.45, 2.75) is 56.9 Å². The first-order chi connectivity index (χ1) is 15.9. The molecule has 0 aromatic carbocycles. The highest BCUT2D eigenvalue weighted by atomic mass is 19.4. The van der Waals surface area contributed by atoms with Gasteiger partial charge in [0.05, 0.1) is 24.0 Å². The Labute approximate surface area is 192 Å². The van der Waals surface area contributed by atoms with Crippen molar-refractivity contribution in [2.24, 2.45) is 0 Å². The van der Waals surface area contributed by atoms with Crippen molar-refractivity contribution in [3.8, 4) is 5.75 Å². The number of ether oxygens (including phenoxy) is 2. The molecule has 1 aliphatic carbocycles. The summed E-state index contributed by atoms with van der Waals surface area (Å²) in [6, 6.07) is 3.13. The summed E-state index contributed by atoms with van der Waals surface area (Å²) in [5.41, 5.74) is -1.18. The van der Waals surface area contributed by atoms with Gasteiger partial charge in [0.2, 0.25) is 5.82 Å². The number of imidazole rings is 1. The Kier molecular flexibility index (Phi) is 4.91. The average Bonchev–Trinajstić information content (AvgIpc) is 3.40. The van der Waals surface area contributed by atoms with Crippen molar-refractivity contribution in [1.29, 1.82) is 0 Å². The number of amides is 1. The number of pyridine rings is 2. The van der Waals surface area contributed by atoms with Gasteiger partial charge in [0, 0.05) is 17.8 Å². The molecule has 2 aliphatic heterocycles. The highest BCUT2D eigenvalue weighted by molar-refractivity contribution is 6.06. The van der Waals surface area contributed by atoms with Crippen molar-refractivity contribution < 1.29 is 31.8 Å². The smallest absolute Gasteiger partial charge is 0.433 e. The third kappa shape index (κ3) is 3.67. The number of carbonyl (C=O) groups is 1. The van der Waals surface area contributed by atoms with Gasteiger partial charge in [-0.15, -0.1) is 0 Å². The van der Waals surface area contributed by atoms with Crippen LogP contribution in [0.3, 0.4) is 0 Å². The minimum Gasteiger partial charge on any atom is -0.487 e. The van der Waals surface area contributed by atoms with Crippen LogP contribution in [-0.4, -0.2) is 38.6 Å². The summed E-state index contributed by atoms with van der Waals surface area (Å²) in [4.78, 5) is 20.9. The zero-order valence-electron chi connectivity index (χ0n) is 18.7. The van der Waals surface area contributed by atoms with Gasteiger partial charge in [-0.1, -0.05) is 6.07 Å². The molecule has 0 atom stereocenters. The van der Waals surface area contributed by atoms with E-state index in [0.717, 1.165) is 25.0 Å². The first-order valence-corrected chi connectivity index (χ1v) is 10.8. The van der Waals surface area contributed by atoms with E-state index in [9.17, 15) is 18.0 Å². The van der Waals surface area contributed by atoms with E-state index in [0.29, 0.717) is 12.3 Å². The van der Waals surface area contributed by atoms with Gasteiger partial charge in [-0.05, 0) is 45.7 Å². The molecular weight excluding hydrogens is 456 g/mol. The van der Waals surface area contributed by atoms with Gasteiger partial charge in [-0.25, -0.2) is 9.97 Å². The molecular formula is C23H22F4N4O3. The predicted molar refractivity (Wildman–Crippen MR) is 113 cm³/mol. The second kappa shape index (κ2) is 7.39. The Morgan fingerprint density at radius 1 is 1.24 bits per heavy atom. The average molecular weight is 478 g/mol. The summed E-state index contributed by atoms with van der Waals surface area (Å²) in [7, 11) is 0. The minimum absolute atomic E-state index is 0.00530. The standard InChI is InChI=1S/C23H22F4N4O3/c1-12(2)34-18-13(20(32)30-16-6-4-5-14(28-16)23(25,26)27)7-31-8-15(29-19(31)17(18)24)22-9-21(3,10-22)33-11-22/h4-8,12H,9-11H2,1-3H3,(H,28,30,32). The summed E-state index contributed by atoms with van der Waals surface area (Å²) in [5.74, 6) is -2.35. The molecule has 3 aromatic rings. The van der Waals surface area contributed by atoms with Crippen molar-refractivity contribution in [2.75, 3.05) is 11.9 Å². The fourth-order valence-corrected chi connectivity index (χ4v) is 4.84. The topological polar surface area (TPSA) is 77.8 Å². The van der Waals surface area contributed by atoms with E-state index < -0.39 is 29.7 Å². The van der Waals surface area contributed by atoms with Crippen LogP contribution in [0.15, 0.2) is 30.6 Å². The monoisotopic (exact) mass is 478 g/mol.